The summed E-state index contributed by atoms with van der Waals surface area (Å²) in [6.45, 7) is 5.02. The van der Waals surface area contributed by atoms with Gasteiger partial charge in [-0.2, -0.15) is 0 Å². The van der Waals surface area contributed by atoms with Crippen LogP contribution >= 0.6 is 0 Å². The molecule has 0 unspecified atom stereocenters. The summed E-state index contributed by atoms with van der Waals surface area (Å²) in [5.41, 5.74) is 2.17. The van der Waals surface area contributed by atoms with Gasteiger partial charge in [-0.3, -0.25) is 14.5 Å². The minimum atomic E-state index is -0.242. The van der Waals surface area contributed by atoms with Crippen molar-refractivity contribution in [2.45, 2.75) is 89.6 Å². The first-order valence-electron chi connectivity index (χ1n) is 12.7. The van der Waals surface area contributed by atoms with Crippen molar-refractivity contribution in [2.24, 2.45) is 5.92 Å². The molecule has 1 aromatic rings. The van der Waals surface area contributed by atoms with E-state index in [-0.39, 0.29) is 23.8 Å². The number of carbonyl (C=O) groups excluding carboxylic acids is 2. The third-order valence-corrected chi connectivity index (χ3v) is 7.90. The van der Waals surface area contributed by atoms with Crippen LogP contribution in [0.1, 0.15) is 87.2 Å². The highest BCUT2D eigenvalue weighted by atomic mass is 16.5. The average Bonchev–Trinajstić information content (AvgIpc) is 3.36. The third kappa shape index (κ3) is 4.41. The van der Waals surface area contributed by atoms with Crippen LogP contribution in [-0.4, -0.2) is 59.0 Å². The molecule has 5 rings (SSSR count). The molecule has 2 amide bonds. The standard InChI is InChI=1S/C25H36N4O3/c1-17-20-9-10-22(30)29(16-18-6-3-2-4-7-18)24(20)27-23(26-17)19-11-13-28(14-12-19)25(31)21-8-5-15-32-21/h18-19,21H,2-16H2,1H3/t21-/m0/s1. The normalized spacial score (nSPS) is 25.3. The van der Waals surface area contributed by atoms with Crippen LogP contribution in [0.15, 0.2) is 0 Å². The summed E-state index contributed by atoms with van der Waals surface area (Å²) in [6, 6.07) is 0. The molecule has 4 heterocycles. The fourth-order valence-corrected chi connectivity index (χ4v) is 5.94. The highest BCUT2D eigenvalue weighted by Crippen LogP contribution is 2.35. The zero-order valence-electron chi connectivity index (χ0n) is 19.4. The van der Waals surface area contributed by atoms with E-state index in [0.29, 0.717) is 18.9 Å². The first kappa shape index (κ1) is 21.8. The van der Waals surface area contributed by atoms with Crippen LogP contribution in [0.4, 0.5) is 5.82 Å². The molecule has 174 valence electrons. The van der Waals surface area contributed by atoms with Crippen molar-refractivity contribution in [1.82, 2.24) is 14.9 Å². The molecule has 1 aromatic heterocycles. The number of fused-ring (bicyclic) bond motifs is 1. The van der Waals surface area contributed by atoms with Crippen molar-refractivity contribution in [3.05, 3.63) is 17.1 Å². The second-order valence-electron chi connectivity index (χ2n) is 10.1. The predicted octanol–water partition coefficient (Wildman–Crippen LogP) is 3.53. The van der Waals surface area contributed by atoms with Crippen LogP contribution in [0.2, 0.25) is 0 Å². The number of aryl methyl sites for hydroxylation is 1. The molecular weight excluding hydrogens is 404 g/mol. The first-order chi connectivity index (χ1) is 15.6. The van der Waals surface area contributed by atoms with Gasteiger partial charge in [0.05, 0.1) is 0 Å². The lowest BCUT2D eigenvalue weighted by molar-refractivity contribution is -0.142. The van der Waals surface area contributed by atoms with E-state index in [4.69, 9.17) is 14.7 Å². The molecule has 0 radical (unpaired) electrons. The van der Waals surface area contributed by atoms with Gasteiger partial charge in [-0.25, -0.2) is 9.97 Å². The Kier molecular flexibility index (Phi) is 6.44. The number of hydrogen-bond acceptors (Lipinski definition) is 5. The van der Waals surface area contributed by atoms with Crippen LogP contribution < -0.4 is 4.90 Å². The molecule has 3 fully saturated rings. The van der Waals surface area contributed by atoms with E-state index in [2.05, 4.69) is 6.92 Å². The number of carbonyl (C=O) groups is 2. The molecule has 0 spiro atoms. The number of rotatable bonds is 4. The molecule has 4 aliphatic rings. The van der Waals surface area contributed by atoms with Gasteiger partial charge >= 0.3 is 0 Å². The number of amides is 2. The Morgan fingerprint density at radius 3 is 2.50 bits per heavy atom. The molecular formula is C25H36N4O3. The summed E-state index contributed by atoms with van der Waals surface area (Å²) >= 11 is 0. The Labute approximate surface area is 190 Å². The van der Waals surface area contributed by atoms with E-state index in [1.807, 2.05) is 9.80 Å². The van der Waals surface area contributed by atoms with Crippen molar-refractivity contribution in [3.8, 4) is 0 Å². The zero-order chi connectivity index (χ0) is 22.1. The molecule has 1 aliphatic carbocycles. The molecule has 0 N–H and O–H groups in total. The van der Waals surface area contributed by atoms with E-state index in [1.54, 1.807) is 0 Å². The van der Waals surface area contributed by atoms with Crippen LogP contribution in [0, 0.1) is 12.8 Å². The first-order valence-corrected chi connectivity index (χ1v) is 12.7. The minimum Gasteiger partial charge on any atom is -0.368 e. The van der Waals surface area contributed by atoms with Gasteiger partial charge in [0.25, 0.3) is 5.91 Å². The summed E-state index contributed by atoms with van der Waals surface area (Å²) in [7, 11) is 0. The number of anilines is 1. The lowest BCUT2D eigenvalue weighted by Gasteiger charge is -2.35. The summed E-state index contributed by atoms with van der Waals surface area (Å²) in [5, 5.41) is 0. The van der Waals surface area contributed by atoms with Crippen molar-refractivity contribution >= 4 is 17.6 Å². The molecule has 7 heteroatoms. The van der Waals surface area contributed by atoms with Gasteiger partial charge in [0.2, 0.25) is 5.91 Å². The SMILES string of the molecule is Cc1nc(C2CCN(C(=O)[C@@H]3CCCO3)CC2)nc2c1CCC(=O)N2CC1CCCCC1. The van der Waals surface area contributed by atoms with Crippen LogP contribution in [-0.2, 0) is 20.7 Å². The second kappa shape index (κ2) is 9.46. The van der Waals surface area contributed by atoms with Crippen molar-refractivity contribution in [2.75, 3.05) is 31.1 Å². The number of hydrogen-bond donors (Lipinski definition) is 0. The Morgan fingerprint density at radius 1 is 1.00 bits per heavy atom. The van der Waals surface area contributed by atoms with E-state index < -0.39 is 0 Å². The molecule has 0 aromatic carbocycles. The quantitative estimate of drug-likeness (QED) is 0.716. The fraction of sp³-hybridized carbons (Fsp3) is 0.760. The van der Waals surface area contributed by atoms with Gasteiger partial charge in [0.15, 0.2) is 0 Å². The molecule has 32 heavy (non-hydrogen) atoms. The fourth-order valence-electron chi connectivity index (χ4n) is 5.94. The van der Waals surface area contributed by atoms with Crippen LogP contribution in [0.25, 0.3) is 0 Å². The lowest BCUT2D eigenvalue weighted by atomic mass is 9.88. The maximum Gasteiger partial charge on any atom is 0.251 e. The Bertz CT molecular complexity index is 853. The summed E-state index contributed by atoms with van der Waals surface area (Å²) in [5.74, 6) is 2.91. The highest BCUT2D eigenvalue weighted by molar-refractivity contribution is 5.95. The topological polar surface area (TPSA) is 75.6 Å². The van der Waals surface area contributed by atoms with Gasteiger partial charge in [0, 0.05) is 49.8 Å². The van der Waals surface area contributed by atoms with E-state index in [9.17, 15) is 9.59 Å². The molecule has 0 bridgehead atoms. The van der Waals surface area contributed by atoms with Gasteiger partial charge in [-0.05, 0) is 57.8 Å². The summed E-state index contributed by atoms with van der Waals surface area (Å²) < 4.78 is 5.59. The van der Waals surface area contributed by atoms with Crippen molar-refractivity contribution in [3.63, 3.8) is 0 Å². The zero-order valence-corrected chi connectivity index (χ0v) is 19.4. The molecule has 1 atom stereocenters. The lowest BCUT2D eigenvalue weighted by Crippen LogP contribution is -2.44. The Balaban J connectivity index is 1.31. The summed E-state index contributed by atoms with van der Waals surface area (Å²) in [4.78, 5) is 39.4. The maximum absolute atomic E-state index is 12.9. The monoisotopic (exact) mass is 440 g/mol. The van der Waals surface area contributed by atoms with Gasteiger partial charge < -0.3 is 9.64 Å². The summed E-state index contributed by atoms with van der Waals surface area (Å²) in [6.07, 6.45) is 10.9. The highest BCUT2D eigenvalue weighted by Gasteiger charge is 2.34. The maximum atomic E-state index is 12.9. The molecule has 2 saturated heterocycles. The Morgan fingerprint density at radius 2 is 1.78 bits per heavy atom. The molecule has 7 nitrogen and oxygen atoms in total. The van der Waals surface area contributed by atoms with Crippen molar-refractivity contribution in [1.29, 1.82) is 0 Å². The minimum absolute atomic E-state index is 0.146. The van der Waals surface area contributed by atoms with Crippen LogP contribution in [0.5, 0.6) is 0 Å². The van der Waals surface area contributed by atoms with E-state index >= 15 is 0 Å². The largest absolute Gasteiger partial charge is 0.368 e. The van der Waals surface area contributed by atoms with Gasteiger partial charge in [0.1, 0.15) is 17.7 Å². The van der Waals surface area contributed by atoms with E-state index in [0.717, 1.165) is 74.6 Å². The number of aromatic nitrogens is 2. The van der Waals surface area contributed by atoms with Gasteiger partial charge in [-0.1, -0.05) is 19.3 Å². The third-order valence-electron chi connectivity index (χ3n) is 7.90. The van der Waals surface area contributed by atoms with Crippen LogP contribution in [0.3, 0.4) is 0 Å². The second-order valence-corrected chi connectivity index (χ2v) is 10.1. The van der Waals surface area contributed by atoms with E-state index in [1.165, 1.54) is 32.1 Å². The van der Waals surface area contributed by atoms with Crippen molar-refractivity contribution < 1.29 is 14.3 Å². The van der Waals surface area contributed by atoms with Gasteiger partial charge in [-0.15, -0.1) is 0 Å². The number of nitrogens with zero attached hydrogens (tertiary/aromatic N) is 4. The number of likely N-dealkylation sites (tertiary alicyclic amines) is 1. The number of piperidine rings is 1. The molecule has 1 saturated carbocycles. The Hall–Kier alpha value is -2.02. The predicted molar refractivity (Wildman–Crippen MR) is 122 cm³/mol. The molecule has 3 aliphatic heterocycles. The average molecular weight is 441 g/mol. The number of ether oxygens (including phenoxy) is 1. The smallest absolute Gasteiger partial charge is 0.251 e.